The molecule has 0 saturated carbocycles. The van der Waals surface area contributed by atoms with E-state index in [1.54, 1.807) is 12.1 Å². The number of hydrogen-bond acceptors (Lipinski definition) is 4. The highest BCUT2D eigenvalue weighted by Gasteiger charge is 2.14. The lowest BCUT2D eigenvalue weighted by Gasteiger charge is -2.11. The maximum Gasteiger partial charge on any atom is 0.123 e. The molecule has 1 rings (SSSR count). The highest BCUT2D eigenvalue weighted by Crippen LogP contribution is 2.12. The molecule has 4 nitrogen and oxygen atoms in total. The maximum absolute atomic E-state index is 9.34. The fourth-order valence-corrected chi connectivity index (χ4v) is 0.814. The van der Waals surface area contributed by atoms with Crippen molar-refractivity contribution in [1.82, 2.24) is 10.2 Å². The number of hydrogen-bond donors (Lipinski definition) is 2. The molecule has 0 aliphatic rings. The van der Waals surface area contributed by atoms with Crippen LogP contribution in [-0.2, 0) is 0 Å². The quantitative estimate of drug-likeness (QED) is 0.662. The van der Waals surface area contributed by atoms with Gasteiger partial charge in [-0.3, -0.25) is 0 Å². The average molecular weight is 168 g/mol. The van der Waals surface area contributed by atoms with Gasteiger partial charge in [-0.05, 0) is 26.0 Å². The van der Waals surface area contributed by atoms with Crippen LogP contribution in [0.1, 0.15) is 24.4 Å². The second kappa shape index (κ2) is 3.60. The van der Waals surface area contributed by atoms with Crippen molar-refractivity contribution in [2.45, 2.75) is 26.1 Å². The summed E-state index contributed by atoms with van der Waals surface area (Å²) in [6.45, 7) is 3.32. The first-order valence-corrected chi connectivity index (χ1v) is 3.77. The third-order valence-corrected chi connectivity index (χ3v) is 1.58. The monoisotopic (exact) mass is 168 g/mol. The van der Waals surface area contributed by atoms with Crippen LogP contribution >= 0.6 is 0 Å². The third-order valence-electron chi connectivity index (χ3n) is 1.58. The van der Waals surface area contributed by atoms with Crippen molar-refractivity contribution < 1.29 is 10.2 Å². The van der Waals surface area contributed by atoms with Crippen LogP contribution < -0.4 is 0 Å². The summed E-state index contributed by atoms with van der Waals surface area (Å²) < 4.78 is 0. The summed E-state index contributed by atoms with van der Waals surface area (Å²) in [5, 5.41) is 25.9. The summed E-state index contributed by atoms with van der Waals surface area (Å²) in [4.78, 5) is 0. The zero-order chi connectivity index (χ0) is 9.14. The van der Waals surface area contributed by atoms with E-state index >= 15 is 0 Å². The fraction of sp³-hybridized carbons (Fsp3) is 0.500. The van der Waals surface area contributed by atoms with Gasteiger partial charge in [-0.25, -0.2) is 0 Å². The Labute approximate surface area is 70.9 Å². The van der Waals surface area contributed by atoms with Gasteiger partial charge in [-0.15, -0.1) is 0 Å². The van der Waals surface area contributed by atoms with E-state index in [0.717, 1.165) is 5.69 Å². The third kappa shape index (κ3) is 1.99. The van der Waals surface area contributed by atoms with Crippen molar-refractivity contribution >= 4 is 0 Å². The van der Waals surface area contributed by atoms with E-state index in [2.05, 4.69) is 10.2 Å². The molecule has 0 aliphatic carbocycles. The van der Waals surface area contributed by atoms with Gasteiger partial charge in [0, 0.05) is 0 Å². The first-order valence-electron chi connectivity index (χ1n) is 3.77. The summed E-state index contributed by atoms with van der Waals surface area (Å²) in [5.74, 6) is 0. The van der Waals surface area contributed by atoms with E-state index in [4.69, 9.17) is 5.11 Å². The second-order valence-electron chi connectivity index (χ2n) is 2.79. The lowest BCUT2D eigenvalue weighted by molar-refractivity contribution is 0.0272. The molecule has 0 aliphatic heterocycles. The Hall–Kier alpha value is -1.00. The van der Waals surface area contributed by atoms with Gasteiger partial charge in [0.15, 0.2) is 0 Å². The molecule has 1 aromatic rings. The molecule has 66 valence electrons. The standard InChI is InChI=1S/C8H12N2O2/c1-5-3-4-7(10-9-5)8(12)6(2)11/h3-4,6,8,11-12H,1-2H3. The molecule has 12 heavy (non-hydrogen) atoms. The van der Waals surface area contributed by atoms with Crippen LogP contribution in [0.25, 0.3) is 0 Å². The van der Waals surface area contributed by atoms with Crippen LogP contribution in [0, 0.1) is 6.92 Å². The Morgan fingerprint density at radius 2 is 1.92 bits per heavy atom. The minimum atomic E-state index is -0.946. The largest absolute Gasteiger partial charge is 0.390 e. The predicted octanol–water partition coefficient (Wildman–Crippen LogP) is 0.199. The van der Waals surface area contributed by atoms with E-state index in [1.165, 1.54) is 6.92 Å². The second-order valence-corrected chi connectivity index (χ2v) is 2.79. The molecule has 2 N–H and O–H groups in total. The molecule has 0 spiro atoms. The first-order chi connectivity index (χ1) is 5.61. The number of aliphatic hydroxyl groups is 2. The van der Waals surface area contributed by atoms with Gasteiger partial charge in [-0.1, -0.05) is 0 Å². The Bertz CT molecular complexity index is 246. The molecule has 0 aromatic carbocycles. The van der Waals surface area contributed by atoms with Crippen molar-refractivity contribution in [1.29, 1.82) is 0 Å². The average Bonchev–Trinajstić information content (AvgIpc) is 2.04. The number of aromatic nitrogens is 2. The van der Waals surface area contributed by atoms with Gasteiger partial charge < -0.3 is 10.2 Å². The fourth-order valence-electron chi connectivity index (χ4n) is 0.814. The smallest absolute Gasteiger partial charge is 0.123 e. The minimum absolute atomic E-state index is 0.399. The van der Waals surface area contributed by atoms with Crippen molar-refractivity contribution in [3.05, 3.63) is 23.5 Å². The zero-order valence-corrected chi connectivity index (χ0v) is 7.10. The predicted molar refractivity (Wildman–Crippen MR) is 43.4 cm³/mol. The van der Waals surface area contributed by atoms with Gasteiger partial charge in [0.1, 0.15) is 6.10 Å². The molecule has 4 heteroatoms. The number of nitrogens with zero attached hydrogens (tertiary/aromatic N) is 2. The topological polar surface area (TPSA) is 66.2 Å². The van der Waals surface area contributed by atoms with Crippen LogP contribution in [-0.4, -0.2) is 26.5 Å². The molecule has 2 unspecified atom stereocenters. The zero-order valence-electron chi connectivity index (χ0n) is 7.10. The summed E-state index contributed by atoms with van der Waals surface area (Å²) in [6.07, 6.45) is -1.76. The molecule has 0 fully saturated rings. The molecule has 0 amide bonds. The summed E-state index contributed by atoms with van der Waals surface area (Å²) >= 11 is 0. The summed E-state index contributed by atoms with van der Waals surface area (Å²) in [7, 11) is 0. The molecule has 0 bridgehead atoms. The van der Waals surface area contributed by atoms with E-state index in [1.807, 2.05) is 6.92 Å². The number of aliphatic hydroxyl groups excluding tert-OH is 2. The molecule has 1 heterocycles. The van der Waals surface area contributed by atoms with Crippen molar-refractivity contribution in [3.63, 3.8) is 0 Å². The van der Waals surface area contributed by atoms with Crippen LogP contribution in [0.2, 0.25) is 0 Å². The Kier molecular flexibility index (Phi) is 2.73. The first kappa shape index (κ1) is 9.09. The van der Waals surface area contributed by atoms with Crippen LogP contribution in [0.3, 0.4) is 0 Å². The molecular weight excluding hydrogens is 156 g/mol. The summed E-state index contributed by atoms with van der Waals surface area (Å²) in [6, 6.07) is 3.40. The molecular formula is C8H12N2O2. The van der Waals surface area contributed by atoms with Gasteiger partial charge in [-0.2, -0.15) is 10.2 Å². The van der Waals surface area contributed by atoms with Crippen LogP contribution in [0.5, 0.6) is 0 Å². The van der Waals surface area contributed by atoms with E-state index in [9.17, 15) is 5.11 Å². The Morgan fingerprint density at radius 3 is 2.33 bits per heavy atom. The Balaban J connectivity index is 2.82. The molecule has 2 atom stereocenters. The van der Waals surface area contributed by atoms with Gasteiger partial charge >= 0.3 is 0 Å². The number of aryl methyl sites for hydroxylation is 1. The summed E-state index contributed by atoms with van der Waals surface area (Å²) in [5.41, 5.74) is 1.19. The molecule has 1 aromatic heterocycles. The highest BCUT2D eigenvalue weighted by molar-refractivity contribution is 5.08. The highest BCUT2D eigenvalue weighted by atomic mass is 16.3. The van der Waals surface area contributed by atoms with E-state index in [-0.39, 0.29) is 0 Å². The number of rotatable bonds is 2. The van der Waals surface area contributed by atoms with E-state index < -0.39 is 12.2 Å². The van der Waals surface area contributed by atoms with Crippen molar-refractivity contribution in [3.8, 4) is 0 Å². The van der Waals surface area contributed by atoms with E-state index in [0.29, 0.717) is 5.69 Å². The normalized spacial score (nSPS) is 15.7. The lowest BCUT2D eigenvalue weighted by Crippen LogP contribution is -2.15. The van der Waals surface area contributed by atoms with Gasteiger partial charge in [0.2, 0.25) is 0 Å². The van der Waals surface area contributed by atoms with Gasteiger partial charge in [0.25, 0.3) is 0 Å². The minimum Gasteiger partial charge on any atom is -0.390 e. The molecule has 0 radical (unpaired) electrons. The van der Waals surface area contributed by atoms with Crippen LogP contribution in [0.4, 0.5) is 0 Å². The SMILES string of the molecule is Cc1ccc(C(O)C(C)O)nn1. The maximum atomic E-state index is 9.34. The van der Waals surface area contributed by atoms with Crippen molar-refractivity contribution in [2.75, 3.05) is 0 Å². The van der Waals surface area contributed by atoms with Gasteiger partial charge in [0.05, 0.1) is 17.5 Å². The van der Waals surface area contributed by atoms with Crippen molar-refractivity contribution in [2.24, 2.45) is 0 Å². The Morgan fingerprint density at radius 1 is 1.25 bits per heavy atom. The lowest BCUT2D eigenvalue weighted by atomic mass is 10.1. The van der Waals surface area contributed by atoms with Crippen LogP contribution in [0.15, 0.2) is 12.1 Å². The molecule has 0 saturated heterocycles.